The molecule has 0 aromatic heterocycles. The van der Waals surface area contributed by atoms with Crippen LogP contribution >= 0.6 is 12.2 Å². The molecule has 3 aliphatic carbocycles. The predicted octanol–water partition coefficient (Wildman–Crippen LogP) is 4.00. The topological polar surface area (TPSA) is 24.1 Å². The van der Waals surface area contributed by atoms with E-state index in [9.17, 15) is 0 Å². The second-order valence-corrected chi connectivity index (χ2v) is 8.04. The smallest absolute Gasteiger partial charge is 0.166 e. The number of hydrogen-bond acceptors (Lipinski definition) is 1. The summed E-state index contributed by atoms with van der Waals surface area (Å²) in [4.78, 5) is 0. The summed E-state index contributed by atoms with van der Waals surface area (Å²) < 4.78 is 0. The van der Waals surface area contributed by atoms with Gasteiger partial charge in [-0.1, -0.05) is 26.7 Å². The zero-order chi connectivity index (χ0) is 14.2. The van der Waals surface area contributed by atoms with Crippen LogP contribution in [0.4, 0.5) is 0 Å². The molecule has 0 aromatic carbocycles. The summed E-state index contributed by atoms with van der Waals surface area (Å²) in [6.45, 7) is 4.71. The standard InChI is InChI=1S/C17H30N2S/c1-3-14-6-4-5-12(2)15(14)18-16(20)19-17-9-7-13(11-17)8-10-17/h12-15H,3-11H2,1-2H3,(H2,18,19,20). The van der Waals surface area contributed by atoms with Crippen LogP contribution in [0.15, 0.2) is 0 Å². The van der Waals surface area contributed by atoms with Crippen LogP contribution in [-0.4, -0.2) is 16.7 Å². The van der Waals surface area contributed by atoms with Crippen molar-refractivity contribution in [3.8, 4) is 0 Å². The third-order valence-corrected chi connectivity index (χ3v) is 6.52. The first kappa shape index (κ1) is 14.6. The van der Waals surface area contributed by atoms with Crippen LogP contribution < -0.4 is 10.6 Å². The first-order valence-electron chi connectivity index (χ1n) is 8.70. The normalized spacial score (nSPS) is 43.5. The highest BCUT2D eigenvalue weighted by Gasteiger charge is 2.45. The second kappa shape index (κ2) is 5.82. The average Bonchev–Trinajstić information content (AvgIpc) is 3.01. The molecule has 3 saturated carbocycles. The average molecular weight is 295 g/mol. The summed E-state index contributed by atoms with van der Waals surface area (Å²) in [5, 5.41) is 8.35. The van der Waals surface area contributed by atoms with Crippen molar-refractivity contribution in [3.05, 3.63) is 0 Å². The lowest BCUT2D eigenvalue weighted by molar-refractivity contribution is 0.209. The molecule has 0 saturated heterocycles. The maximum atomic E-state index is 5.66. The van der Waals surface area contributed by atoms with Crippen molar-refractivity contribution in [1.82, 2.24) is 10.6 Å². The van der Waals surface area contributed by atoms with Gasteiger partial charge in [0.1, 0.15) is 0 Å². The van der Waals surface area contributed by atoms with Crippen molar-refractivity contribution in [2.75, 3.05) is 0 Å². The molecule has 20 heavy (non-hydrogen) atoms. The first-order valence-corrected chi connectivity index (χ1v) is 9.11. The van der Waals surface area contributed by atoms with Crippen LogP contribution in [0.5, 0.6) is 0 Å². The van der Waals surface area contributed by atoms with Crippen molar-refractivity contribution in [2.45, 2.75) is 83.2 Å². The summed E-state index contributed by atoms with van der Waals surface area (Å²) >= 11 is 5.66. The van der Waals surface area contributed by atoms with E-state index >= 15 is 0 Å². The van der Waals surface area contributed by atoms with Gasteiger partial charge >= 0.3 is 0 Å². The molecule has 0 aliphatic heterocycles. The molecule has 0 radical (unpaired) electrons. The van der Waals surface area contributed by atoms with E-state index in [0.717, 1.165) is 22.9 Å². The highest BCUT2D eigenvalue weighted by Crippen LogP contribution is 2.47. The van der Waals surface area contributed by atoms with Gasteiger partial charge in [0.25, 0.3) is 0 Å². The Balaban J connectivity index is 1.57. The molecule has 114 valence electrons. The van der Waals surface area contributed by atoms with Gasteiger partial charge in [0.15, 0.2) is 5.11 Å². The molecule has 2 N–H and O–H groups in total. The Morgan fingerprint density at radius 2 is 1.95 bits per heavy atom. The summed E-state index contributed by atoms with van der Waals surface area (Å²) in [7, 11) is 0. The van der Waals surface area contributed by atoms with Gasteiger partial charge in [-0.05, 0) is 74.9 Å². The Morgan fingerprint density at radius 3 is 2.55 bits per heavy atom. The molecule has 2 nitrogen and oxygen atoms in total. The van der Waals surface area contributed by atoms with Crippen LogP contribution in [0.3, 0.4) is 0 Å². The minimum atomic E-state index is 0.356. The third kappa shape index (κ3) is 2.84. The lowest BCUT2D eigenvalue weighted by Crippen LogP contribution is -2.55. The molecular formula is C17H30N2S. The number of hydrogen-bond donors (Lipinski definition) is 2. The number of rotatable bonds is 3. The molecule has 0 amide bonds. The van der Waals surface area contributed by atoms with E-state index in [4.69, 9.17) is 12.2 Å². The van der Waals surface area contributed by atoms with Gasteiger partial charge < -0.3 is 10.6 Å². The first-order chi connectivity index (χ1) is 9.62. The van der Waals surface area contributed by atoms with E-state index in [1.807, 2.05) is 0 Å². The zero-order valence-corrected chi connectivity index (χ0v) is 13.9. The lowest BCUT2D eigenvalue weighted by atomic mass is 9.76. The van der Waals surface area contributed by atoms with E-state index in [2.05, 4.69) is 24.5 Å². The Hall–Kier alpha value is -0.310. The Bertz CT molecular complexity index is 360. The maximum absolute atomic E-state index is 5.66. The van der Waals surface area contributed by atoms with E-state index in [-0.39, 0.29) is 0 Å². The molecule has 3 fully saturated rings. The maximum Gasteiger partial charge on any atom is 0.166 e. The minimum absolute atomic E-state index is 0.356. The summed E-state index contributed by atoms with van der Waals surface area (Å²) in [6.07, 6.45) is 12.2. The third-order valence-electron chi connectivity index (χ3n) is 6.30. The molecule has 0 aromatic rings. The van der Waals surface area contributed by atoms with Gasteiger partial charge in [-0.2, -0.15) is 0 Å². The highest BCUT2D eigenvalue weighted by molar-refractivity contribution is 7.80. The molecule has 3 rings (SSSR count). The highest BCUT2D eigenvalue weighted by atomic mass is 32.1. The molecular weight excluding hydrogens is 264 g/mol. The van der Waals surface area contributed by atoms with Crippen LogP contribution in [0.1, 0.15) is 71.6 Å². The van der Waals surface area contributed by atoms with Crippen LogP contribution in [-0.2, 0) is 0 Å². The van der Waals surface area contributed by atoms with Crippen molar-refractivity contribution in [3.63, 3.8) is 0 Å². The van der Waals surface area contributed by atoms with Gasteiger partial charge in [-0.15, -0.1) is 0 Å². The molecule has 0 heterocycles. The fourth-order valence-corrected chi connectivity index (χ4v) is 5.39. The SMILES string of the molecule is CCC1CCCC(C)C1NC(=S)NC12CCC(CC1)C2. The van der Waals surface area contributed by atoms with Gasteiger partial charge in [0.05, 0.1) is 0 Å². The van der Waals surface area contributed by atoms with Gasteiger partial charge in [-0.3, -0.25) is 0 Å². The van der Waals surface area contributed by atoms with Gasteiger partial charge in [-0.25, -0.2) is 0 Å². The molecule has 3 heteroatoms. The zero-order valence-electron chi connectivity index (χ0n) is 13.1. The Kier molecular flexibility index (Phi) is 4.26. The molecule has 3 aliphatic rings. The quantitative estimate of drug-likeness (QED) is 0.769. The van der Waals surface area contributed by atoms with Crippen molar-refractivity contribution in [2.24, 2.45) is 17.8 Å². The monoisotopic (exact) mass is 294 g/mol. The number of nitrogens with one attached hydrogen (secondary N) is 2. The minimum Gasteiger partial charge on any atom is -0.359 e. The van der Waals surface area contributed by atoms with Crippen LogP contribution in [0, 0.1) is 17.8 Å². The Morgan fingerprint density at radius 1 is 1.20 bits per heavy atom. The fourth-order valence-electron chi connectivity index (χ4n) is 5.04. The fraction of sp³-hybridized carbons (Fsp3) is 0.941. The summed E-state index contributed by atoms with van der Waals surface area (Å²) in [5.74, 6) is 2.53. The number of fused-ring (bicyclic) bond motifs is 2. The molecule has 3 unspecified atom stereocenters. The van der Waals surface area contributed by atoms with E-state index in [1.54, 1.807) is 0 Å². The van der Waals surface area contributed by atoms with Crippen LogP contribution in [0.2, 0.25) is 0 Å². The van der Waals surface area contributed by atoms with Crippen molar-refractivity contribution < 1.29 is 0 Å². The lowest BCUT2D eigenvalue weighted by Gasteiger charge is -2.39. The van der Waals surface area contributed by atoms with Crippen molar-refractivity contribution >= 4 is 17.3 Å². The summed E-state index contributed by atoms with van der Waals surface area (Å²) in [6, 6.07) is 0.587. The van der Waals surface area contributed by atoms with Gasteiger partial charge in [0, 0.05) is 11.6 Å². The van der Waals surface area contributed by atoms with E-state index < -0.39 is 0 Å². The summed E-state index contributed by atoms with van der Waals surface area (Å²) in [5.41, 5.74) is 0.356. The van der Waals surface area contributed by atoms with E-state index in [1.165, 1.54) is 57.8 Å². The van der Waals surface area contributed by atoms with Crippen molar-refractivity contribution in [1.29, 1.82) is 0 Å². The van der Waals surface area contributed by atoms with Gasteiger partial charge in [0.2, 0.25) is 0 Å². The predicted molar refractivity (Wildman–Crippen MR) is 88.8 cm³/mol. The number of thiocarbonyl (C=S) groups is 1. The molecule has 2 bridgehead atoms. The Labute approximate surface area is 129 Å². The van der Waals surface area contributed by atoms with Crippen LogP contribution in [0.25, 0.3) is 0 Å². The molecule has 3 atom stereocenters. The second-order valence-electron chi connectivity index (χ2n) is 7.63. The largest absolute Gasteiger partial charge is 0.359 e. The van der Waals surface area contributed by atoms with E-state index in [0.29, 0.717) is 11.6 Å². The molecule has 0 spiro atoms.